The fourth-order valence-corrected chi connectivity index (χ4v) is 2.07. The van der Waals surface area contributed by atoms with E-state index >= 15 is 0 Å². The summed E-state index contributed by atoms with van der Waals surface area (Å²) in [4.78, 5) is 11.3. The molecule has 1 aliphatic rings. The second-order valence-electron chi connectivity index (χ2n) is 4.87. The average molecular weight is 312 g/mol. The van der Waals surface area contributed by atoms with Gasteiger partial charge in [-0.2, -0.15) is 0 Å². The van der Waals surface area contributed by atoms with Crippen molar-refractivity contribution < 1.29 is 23.7 Å². The molecule has 0 amide bonds. The minimum absolute atomic E-state index is 0.295. The Hall–Kier alpha value is -2.95. The molecule has 0 aromatic heterocycles. The Balaban J connectivity index is 1.78. The third-order valence-electron chi connectivity index (χ3n) is 3.32. The highest BCUT2D eigenvalue weighted by molar-refractivity contribution is 5.72. The minimum atomic E-state index is -0.295. The van der Waals surface area contributed by atoms with Crippen LogP contribution in [0.2, 0.25) is 0 Å². The Labute approximate surface area is 134 Å². The number of esters is 1. The third kappa shape index (κ3) is 3.29. The highest BCUT2D eigenvalue weighted by Crippen LogP contribution is 2.38. The van der Waals surface area contributed by atoms with Gasteiger partial charge in [-0.25, -0.2) is 0 Å². The van der Waals surface area contributed by atoms with Crippen molar-refractivity contribution in [1.29, 1.82) is 0 Å². The number of benzene rings is 2. The van der Waals surface area contributed by atoms with Crippen LogP contribution in [-0.2, 0) is 4.79 Å². The van der Waals surface area contributed by atoms with E-state index in [1.54, 1.807) is 32.2 Å². The number of ether oxygens (including phenoxy) is 4. The number of carbonyl (C=O) groups excluding carboxylic acids is 1. The maximum absolute atomic E-state index is 11.3. The molecule has 0 saturated carbocycles. The van der Waals surface area contributed by atoms with Gasteiger partial charge in [0.25, 0.3) is 0 Å². The van der Waals surface area contributed by atoms with E-state index in [4.69, 9.17) is 18.9 Å². The zero-order chi connectivity index (χ0) is 16.2. The van der Waals surface area contributed by atoms with Gasteiger partial charge in [-0.3, -0.25) is 4.79 Å². The lowest BCUT2D eigenvalue weighted by molar-refractivity contribution is -0.134. The van der Waals surface area contributed by atoms with Crippen LogP contribution in [-0.4, -0.2) is 13.1 Å². The maximum atomic E-state index is 11.3. The topological polar surface area (TPSA) is 54.0 Å². The molecule has 0 spiro atoms. The van der Waals surface area contributed by atoms with Crippen LogP contribution in [0, 0.1) is 0 Å². The standard InChI is InChI=1S/C18H16O5/c1-3-18(19)22-14-8-9-15-16(10-14)21-11-17(23-15)12-4-6-13(20-2)7-5-12/h4-11H,3H2,1-2H3. The second-order valence-corrected chi connectivity index (χ2v) is 4.87. The van der Waals surface area contributed by atoms with Crippen LogP contribution < -0.4 is 18.9 Å². The first-order valence-electron chi connectivity index (χ1n) is 7.23. The Morgan fingerprint density at radius 1 is 1.04 bits per heavy atom. The highest BCUT2D eigenvalue weighted by Gasteiger charge is 2.17. The summed E-state index contributed by atoms with van der Waals surface area (Å²) in [5, 5.41) is 0. The molecule has 0 bridgehead atoms. The first kappa shape index (κ1) is 15.0. The average Bonchev–Trinajstić information content (AvgIpc) is 2.61. The van der Waals surface area contributed by atoms with Crippen LogP contribution in [0.25, 0.3) is 5.76 Å². The van der Waals surface area contributed by atoms with Crippen LogP contribution in [0.5, 0.6) is 23.0 Å². The quantitative estimate of drug-likeness (QED) is 0.635. The number of rotatable bonds is 4. The molecule has 118 valence electrons. The van der Waals surface area contributed by atoms with Crippen molar-refractivity contribution in [3.63, 3.8) is 0 Å². The lowest BCUT2D eigenvalue weighted by Gasteiger charge is -2.19. The van der Waals surface area contributed by atoms with Gasteiger partial charge in [0.15, 0.2) is 17.3 Å². The molecule has 0 radical (unpaired) electrons. The first-order chi connectivity index (χ1) is 11.2. The molecule has 5 heteroatoms. The summed E-state index contributed by atoms with van der Waals surface area (Å²) < 4.78 is 21.7. The van der Waals surface area contributed by atoms with Gasteiger partial charge in [0.1, 0.15) is 17.8 Å². The van der Waals surface area contributed by atoms with Crippen LogP contribution in [0.3, 0.4) is 0 Å². The summed E-state index contributed by atoms with van der Waals surface area (Å²) in [6.07, 6.45) is 1.84. The van der Waals surface area contributed by atoms with Crippen molar-refractivity contribution in [2.24, 2.45) is 0 Å². The largest absolute Gasteiger partial charge is 0.497 e. The number of hydrogen-bond acceptors (Lipinski definition) is 5. The second kappa shape index (κ2) is 6.44. The molecule has 23 heavy (non-hydrogen) atoms. The molecule has 0 unspecified atom stereocenters. The van der Waals surface area contributed by atoms with Crippen LogP contribution in [0.15, 0.2) is 48.7 Å². The van der Waals surface area contributed by atoms with Crippen molar-refractivity contribution in [1.82, 2.24) is 0 Å². The highest BCUT2D eigenvalue weighted by atomic mass is 16.6. The van der Waals surface area contributed by atoms with E-state index in [2.05, 4.69) is 0 Å². The molecule has 1 heterocycles. The van der Waals surface area contributed by atoms with Crippen molar-refractivity contribution >= 4 is 11.7 Å². The van der Waals surface area contributed by atoms with Gasteiger partial charge in [0.2, 0.25) is 0 Å². The molecule has 0 saturated heterocycles. The Bertz CT molecular complexity index is 747. The lowest BCUT2D eigenvalue weighted by atomic mass is 10.2. The summed E-state index contributed by atoms with van der Waals surface area (Å²) in [6, 6.07) is 12.5. The monoisotopic (exact) mass is 312 g/mol. The fraction of sp³-hybridized carbons (Fsp3) is 0.167. The van der Waals surface area contributed by atoms with E-state index in [1.165, 1.54) is 6.26 Å². The van der Waals surface area contributed by atoms with Crippen molar-refractivity contribution in [3.8, 4) is 23.0 Å². The number of fused-ring (bicyclic) bond motifs is 1. The molecule has 0 atom stereocenters. The van der Waals surface area contributed by atoms with E-state index < -0.39 is 0 Å². The van der Waals surface area contributed by atoms with Crippen molar-refractivity contribution in [2.75, 3.05) is 7.11 Å². The summed E-state index contributed by atoms with van der Waals surface area (Å²) in [7, 11) is 1.62. The molecule has 2 aromatic carbocycles. The van der Waals surface area contributed by atoms with Gasteiger partial charge in [-0.05, 0) is 36.4 Å². The van der Waals surface area contributed by atoms with E-state index in [0.717, 1.165) is 11.3 Å². The van der Waals surface area contributed by atoms with Gasteiger partial charge in [-0.1, -0.05) is 6.92 Å². The van der Waals surface area contributed by atoms with Gasteiger partial charge < -0.3 is 18.9 Å². The molecular weight excluding hydrogens is 296 g/mol. The fourth-order valence-electron chi connectivity index (χ4n) is 2.07. The van der Waals surface area contributed by atoms with E-state index in [-0.39, 0.29) is 5.97 Å². The zero-order valence-electron chi connectivity index (χ0n) is 12.9. The SMILES string of the molecule is CCC(=O)Oc1ccc2c(c1)OC=C(c1ccc(OC)cc1)O2. The zero-order valence-corrected chi connectivity index (χ0v) is 12.9. The molecule has 0 N–H and O–H groups in total. The number of carbonyl (C=O) groups is 1. The predicted octanol–water partition coefficient (Wildman–Crippen LogP) is 3.78. The van der Waals surface area contributed by atoms with Crippen LogP contribution >= 0.6 is 0 Å². The molecule has 0 aliphatic carbocycles. The predicted molar refractivity (Wildman–Crippen MR) is 84.6 cm³/mol. The molecule has 2 aromatic rings. The van der Waals surface area contributed by atoms with Crippen molar-refractivity contribution in [3.05, 3.63) is 54.3 Å². The summed E-state index contributed by atoms with van der Waals surface area (Å²) in [5.74, 6) is 2.57. The van der Waals surface area contributed by atoms with E-state index in [9.17, 15) is 4.79 Å². The summed E-state index contributed by atoms with van der Waals surface area (Å²) >= 11 is 0. The molecular formula is C18H16O5. The summed E-state index contributed by atoms with van der Waals surface area (Å²) in [5.41, 5.74) is 0.873. The minimum Gasteiger partial charge on any atom is -0.497 e. The maximum Gasteiger partial charge on any atom is 0.310 e. The van der Waals surface area contributed by atoms with E-state index in [0.29, 0.717) is 29.4 Å². The van der Waals surface area contributed by atoms with Gasteiger partial charge in [-0.15, -0.1) is 0 Å². The Morgan fingerprint density at radius 3 is 2.48 bits per heavy atom. The van der Waals surface area contributed by atoms with Crippen molar-refractivity contribution in [2.45, 2.75) is 13.3 Å². The molecule has 5 nitrogen and oxygen atoms in total. The molecule has 1 aliphatic heterocycles. The number of methoxy groups -OCH3 is 1. The lowest BCUT2D eigenvalue weighted by Crippen LogP contribution is -2.07. The third-order valence-corrected chi connectivity index (χ3v) is 3.32. The molecule has 3 rings (SSSR count). The molecule has 0 fully saturated rings. The number of hydrogen-bond donors (Lipinski definition) is 0. The van der Waals surface area contributed by atoms with Gasteiger partial charge >= 0.3 is 5.97 Å². The van der Waals surface area contributed by atoms with Gasteiger partial charge in [0, 0.05) is 18.1 Å². The Kier molecular flexibility index (Phi) is 4.19. The summed E-state index contributed by atoms with van der Waals surface area (Å²) in [6.45, 7) is 1.74. The van der Waals surface area contributed by atoms with E-state index in [1.807, 2.05) is 24.3 Å². The van der Waals surface area contributed by atoms with Crippen LogP contribution in [0.1, 0.15) is 18.9 Å². The van der Waals surface area contributed by atoms with Gasteiger partial charge in [0.05, 0.1) is 7.11 Å². The van der Waals surface area contributed by atoms with Crippen LogP contribution in [0.4, 0.5) is 0 Å². The normalized spacial score (nSPS) is 12.3. The Morgan fingerprint density at radius 2 is 1.78 bits per heavy atom. The first-order valence-corrected chi connectivity index (χ1v) is 7.23. The smallest absolute Gasteiger partial charge is 0.310 e.